The Hall–Kier alpha value is -2.70. The van der Waals surface area contributed by atoms with Crippen LogP contribution in [0, 0.1) is 0 Å². The Kier molecular flexibility index (Phi) is 5.06. The van der Waals surface area contributed by atoms with E-state index in [2.05, 4.69) is 16.9 Å². The molecule has 0 radical (unpaired) electrons. The molecule has 0 amide bonds. The lowest BCUT2D eigenvalue weighted by molar-refractivity contribution is -0.141. The Morgan fingerprint density at radius 1 is 1.08 bits per heavy atom. The summed E-state index contributed by atoms with van der Waals surface area (Å²) in [6.07, 6.45) is 2.14. The van der Waals surface area contributed by atoms with Gasteiger partial charge >= 0.3 is 6.18 Å². The Balaban J connectivity index is 1.92. The quantitative estimate of drug-likeness (QED) is 0.621. The molecular weight excluding hydrogens is 343 g/mol. The lowest BCUT2D eigenvalue weighted by Crippen LogP contribution is -2.19. The maximum atomic E-state index is 12.6. The van der Waals surface area contributed by atoms with Crippen molar-refractivity contribution in [2.45, 2.75) is 38.9 Å². The standard InChI is InChI=1S/C19H18F3N3O/c1-2-3-4-8-25-9-7-13-10-14(5-6-15(13)18(25)26)16-11-24-17(12-23-16)19(20,21)22/h5-7,9-12H,2-4,8H2,1H3. The zero-order valence-corrected chi connectivity index (χ0v) is 14.3. The number of nitrogens with zero attached hydrogens (tertiary/aromatic N) is 3. The fourth-order valence-electron chi connectivity index (χ4n) is 2.78. The van der Waals surface area contributed by atoms with Crippen LogP contribution in [0.4, 0.5) is 13.2 Å². The lowest BCUT2D eigenvalue weighted by atomic mass is 10.1. The molecule has 7 heteroatoms. The summed E-state index contributed by atoms with van der Waals surface area (Å²) >= 11 is 0. The van der Waals surface area contributed by atoms with Gasteiger partial charge in [-0.3, -0.25) is 9.78 Å². The second kappa shape index (κ2) is 7.27. The molecule has 3 rings (SSSR count). The molecule has 2 heterocycles. The minimum atomic E-state index is -4.52. The van der Waals surface area contributed by atoms with Gasteiger partial charge in [-0.1, -0.05) is 25.8 Å². The van der Waals surface area contributed by atoms with Crippen molar-refractivity contribution in [3.05, 3.63) is 58.9 Å². The average molecular weight is 361 g/mol. The molecule has 0 aliphatic carbocycles. The Morgan fingerprint density at radius 3 is 2.54 bits per heavy atom. The van der Waals surface area contributed by atoms with Crippen LogP contribution in [0.5, 0.6) is 0 Å². The Labute approximate surface area is 148 Å². The van der Waals surface area contributed by atoms with E-state index >= 15 is 0 Å². The molecule has 0 fully saturated rings. The van der Waals surface area contributed by atoms with E-state index in [1.165, 1.54) is 0 Å². The summed E-state index contributed by atoms with van der Waals surface area (Å²) in [5.41, 5.74) is -0.158. The highest BCUT2D eigenvalue weighted by Crippen LogP contribution is 2.28. The van der Waals surface area contributed by atoms with Gasteiger partial charge in [0.25, 0.3) is 5.56 Å². The highest BCUT2D eigenvalue weighted by atomic mass is 19.4. The van der Waals surface area contributed by atoms with Gasteiger partial charge in [-0.2, -0.15) is 13.2 Å². The number of aromatic nitrogens is 3. The maximum Gasteiger partial charge on any atom is 0.434 e. The second-order valence-electron chi connectivity index (χ2n) is 6.11. The lowest BCUT2D eigenvalue weighted by Gasteiger charge is -2.09. The van der Waals surface area contributed by atoms with E-state index in [4.69, 9.17) is 0 Å². The normalized spacial score (nSPS) is 11.8. The zero-order valence-electron chi connectivity index (χ0n) is 14.3. The summed E-state index contributed by atoms with van der Waals surface area (Å²) in [6.45, 7) is 2.78. The molecule has 0 aliphatic heterocycles. The van der Waals surface area contributed by atoms with Crippen molar-refractivity contribution in [3.63, 3.8) is 0 Å². The number of halogens is 3. The SMILES string of the molecule is CCCCCn1ccc2cc(-c3cnc(C(F)(F)F)cn3)ccc2c1=O. The van der Waals surface area contributed by atoms with E-state index in [0.29, 0.717) is 29.4 Å². The van der Waals surface area contributed by atoms with E-state index in [-0.39, 0.29) is 5.56 Å². The minimum Gasteiger partial charge on any atom is -0.315 e. The molecule has 3 aromatic rings. The van der Waals surface area contributed by atoms with Crippen molar-refractivity contribution < 1.29 is 13.2 Å². The number of pyridine rings is 1. The Morgan fingerprint density at radius 2 is 1.88 bits per heavy atom. The molecule has 1 aromatic carbocycles. The third-order valence-corrected chi connectivity index (χ3v) is 4.22. The number of unbranched alkanes of at least 4 members (excludes halogenated alkanes) is 2. The van der Waals surface area contributed by atoms with Crippen LogP contribution < -0.4 is 5.56 Å². The van der Waals surface area contributed by atoms with Gasteiger partial charge in [0.05, 0.1) is 18.1 Å². The third-order valence-electron chi connectivity index (χ3n) is 4.22. The average Bonchev–Trinajstić information content (AvgIpc) is 2.63. The molecule has 0 saturated carbocycles. The number of hydrogen-bond acceptors (Lipinski definition) is 3. The number of rotatable bonds is 5. The largest absolute Gasteiger partial charge is 0.434 e. The summed E-state index contributed by atoms with van der Waals surface area (Å²) in [4.78, 5) is 19.8. The fraction of sp³-hybridized carbons (Fsp3) is 0.316. The summed E-state index contributed by atoms with van der Waals surface area (Å²) in [7, 11) is 0. The van der Waals surface area contributed by atoms with Crippen molar-refractivity contribution in [1.82, 2.24) is 14.5 Å². The van der Waals surface area contributed by atoms with Gasteiger partial charge in [0.2, 0.25) is 0 Å². The molecule has 0 atom stereocenters. The molecule has 0 spiro atoms. The number of aryl methyl sites for hydroxylation is 1. The molecule has 0 unspecified atom stereocenters. The number of hydrogen-bond donors (Lipinski definition) is 0. The Bertz CT molecular complexity index is 962. The predicted octanol–water partition coefficient (Wildman–Crippen LogP) is 4.67. The van der Waals surface area contributed by atoms with Crippen LogP contribution in [-0.2, 0) is 12.7 Å². The highest BCUT2D eigenvalue weighted by molar-refractivity contribution is 5.85. The first-order valence-electron chi connectivity index (χ1n) is 8.43. The van der Waals surface area contributed by atoms with E-state index in [1.807, 2.05) is 6.07 Å². The molecule has 4 nitrogen and oxygen atoms in total. The van der Waals surface area contributed by atoms with Gasteiger partial charge in [0.15, 0.2) is 5.69 Å². The van der Waals surface area contributed by atoms with E-state index in [9.17, 15) is 18.0 Å². The summed E-state index contributed by atoms with van der Waals surface area (Å²) in [5.74, 6) is 0. The van der Waals surface area contributed by atoms with Gasteiger partial charge in [-0.25, -0.2) is 4.98 Å². The van der Waals surface area contributed by atoms with Crippen LogP contribution in [0.25, 0.3) is 22.0 Å². The molecule has 0 aliphatic rings. The first-order chi connectivity index (χ1) is 12.4. The van der Waals surface area contributed by atoms with Crippen molar-refractivity contribution >= 4 is 10.8 Å². The zero-order chi connectivity index (χ0) is 18.7. The molecule has 0 saturated heterocycles. The molecule has 26 heavy (non-hydrogen) atoms. The summed E-state index contributed by atoms with van der Waals surface area (Å²) in [5, 5.41) is 1.30. The van der Waals surface area contributed by atoms with Crippen LogP contribution in [-0.4, -0.2) is 14.5 Å². The van der Waals surface area contributed by atoms with Crippen LogP contribution in [0.1, 0.15) is 31.9 Å². The molecule has 2 aromatic heterocycles. The van der Waals surface area contributed by atoms with E-state index in [0.717, 1.165) is 30.8 Å². The molecular formula is C19H18F3N3O. The van der Waals surface area contributed by atoms with Crippen molar-refractivity contribution in [1.29, 1.82) is 0 Å². The second-order valence-corrected chi connectivity index (χ2v) is 6.11. The van der Waals surface area contributed by atoms with Crippen LogP contribution in [0.15, 0.2) is 47.7 Å². The third kappa shape index (κ3) is 3.76. The van der Waals surface area contributed by atoms with Crippen LogP contribution in [0.3, 0.4) is 0 Å². The van der Waals surface area contributed by atoms with Crippen molar-refractivity contribution in [3.8, 4) is 11.3 Å². The molecule has 136 valence electrons. The molecule has 0 N–H and O–H groups in total. The van der Waals surface area contributed by atoms with E-state index < -0.39 is 11.9 Å². The predicted molar refractivity (Wildman–Crippen MR) is 93.8 cm³/mol. The smallest absolute Gasteiger partial charge is 0.315 e. The van der Waals surface area contributed by atoms with Crippen LogP contribution in [0.2, 0.25) is 0 Å². The fourth-order valence-corrected chi connectivity index (χ4v) is 2.78. The summed E-state index contributed by atoms with van der Waals surface area (Å²) < 4.78 is 39.4. The van der Waals surface area contributed by atoms with Crippen molar-refractivity contribution in [2.24, 2.45) is 0 Å². The number of benzene rings is 1. The van der Waals surface area contributed by atoms with Gasteiger partial charge in [0, 0.05) is 23.7 Å². The molecule has 0 bridgehead atoms. The van der Waals surface area contributed by atoms with Gasteiger partial charge < -0.3 is 4.57 Å². The van der Waals surface area contributed by atoms with E-state index in [1.54, 1.807) is 29.0 Å². The first kappa shape index (κ1) is 18.1. The van der Waals surface area contributed by atoms with Crippen molar-refractivity contribution in [2.75, 3.05) is 0 Å². The minimum absolute atomic E-state index is 0.0661. The van der Waals surface area contributed by atoms with Gasteiger partial charge in [-0.15, -0.1) is 0 Å². The number of alkyl halides is 3. The number of fused-ring (bicyclic) bond motifs is 1. The van der Waals surface area contributed by atoms with Gasteiger partial charge in [-0.05, 0) is 30.0 Å². The monoisotopic (exact) mass is 361 g/mol. The maximum absolute atomic E-state index is 12.6. The summed E-state index contributed by atoms with van der Waals surface area (Å²) in [6, 6.07) is 6.94. The topological polar surface area (TPSA) is 47.8 Å². The van der Waals surface area contributed by atoms with Crippen LogP contribution >= 0.6 is 0 Å². The first-order valence-corrected chi connectivity index (χ1v) is 8.43. The highest BCUT2D eigenvalue weighted by Gasteiger charge is 2.32. The van der Waals surface area contributed by atoms with Gasteiger partial charge in [0.1, 0.15) is 0 Å².